The van der Waals surface area contributed by atoms with Crippen LogP contribution in [-0.4, -0.2) is 62.9 Å². The topological polar surface area (TPSA) is 118 Å². The molecule has 0 bridgehead atoms. The van der Waals surface area contributed by atoms with Crippen LogP contribution in [0.2, 0.25) is 0 Å². The summed E-state index contributed by atoms with van der Waals surface area (Å²) in [6.45, 7) is 2.50. The first-order valence-corrected chi connectivity index (χ1v) is 13.4. The summed E-state index contributed by atoms with van der Waals surface area (Å²) in [6, 6.07) is 4.35. The van der Waals surface area contributed by atoms with Gasteiger partial charge >= 0.3 is 0 Å². The van der Waals surface area contributed by atoms with Crippen LogP contribution in [-0.2, 0) is 30.7 Å². The van der Waals surface area contributed by atoms with E-state index in [4.69, 9.17) is 0 Å². The van der Waals surface area contributed by atoms with Crippen molar-refractivity contribution >= 4 is 27.6 Å². The van der Waals surface area contributed by atoms with Gasteiger partial charge in [0.15, 0.2) is 0 Å². The third-order valence-electron chi connectivity index (χ3n) is 6.76. The van der Waals surface area contributed by atoms with Gasteiger partial charge in [0.2, 0.25) is 16.0 Å². The standard InChI is InChI=1S/C25H26N8O3S/c1-25(8-9-25)29-37(35,36)20-6-7-22-21(10-20)23(34)32(16-18-12-28-31(3)15-18)24-26-13-19(33(22)24)5-4-17-11-27-30(2)14-17/h6-7,10-12,14-15,19,29H,8-9,13,16H2,1-3H3/t19-/m1/s1. The van der Waals surface area contributed by atoms with Gasteiger partial charge in [0.05, 0.1) is 47.2 Å². The van der Waals surface area contributed by atoms with Crippen LogP contribution in [0.15, 0.2) is 52.9 Å². The largest absolute Gasteiger partial charge is 0.295 e. The summed E-state index contributed by atoms with van der Waals surface area (Å²) >= 11 is 0. The Kier molecular flexibility index (Phi) is 5.25. The highest BCUT2D eigenvalue weighted by Gasteiger charge is 2.44. The van der Waals surface area contributed by atoms with Gasteiger partial charge in [-0.2, -0.15) is 10.2 Å². The number of fused-ring (bicyclic) bond motifs is 3. The molecular formula is C25H26N8O3S. The molecule has 1 atom stereocenters. The van der Waals surface area contributed by atoms with Crippen LogP contribution in [0.1, 0.15) is 41.3 Å². The molecule has 1 aliphatic carbocycles. The van der Waals surface area contributed by atoms with E-state index in [2.05, 4.69) is 31.8 Å². The number of benzene rings is 1. The minimum absolute atomic E-state index is 0.0617. The summed E-state index contributed by atoms with van der Waals surface area (Å²) in [5, 5.41) is 8.37. The Morgan fingerprint density at radius 3 is 2.57 bits per heavy atom. The lowest BCUT2D eigenvalue weighted by molar-refractivity contribution is 0.0833. The van der Waals surface area contributed by atoms with Crippen molar-refractivity contribution in [2.45, 2.75) is 42.8 Å². The first kappa shape index (κ1) is 23.4. The second-order valence-electron chi connectivity index (χ2n) is 9.96. The number of nitrogens with one attached hydrogen (secondary N) is 1. The van der Waals surface area contributed by atoms with Crippen LogP contribution in [0.5, 0.6) is 0 Å². The van der Waals surface area contributed by atoms with E-state index in [0.29, 0.717) is 23.8 Å². The lowest BCUT2D eigenvalue weighted by atomic mass is 10.1. The van der Waals surface area contributed by atoms with Gasteiger partial charge in [-0.05, 0) is 38.0 Å². The summed E-state index contributed by atoms with van der Waals surface area (Å²) in [6.07, 6.45) is 8.64. The van der Waals surface area contributed by atoms with E-state index in [9.17, 15) is 13.2 Å². The number of nitrogens with zero attached hydrogens (tertiary/aromatic N) is 7. The van der Waals surface area contributed by atoms with E-state index in [1.807, 2.05) is 38.3 Å². The van der Waals surface area contributed by atoms with Crippen molar-refractivity contribution in [3.05, 3.63) is 59.7 Å². The predicted octanol–water partition coefficient (Wildman–Crippen LogP) is 1.24. The smallest absolute Gasteiger partial charge is 0.263 e. The molecule has 2 aliphatic heterocycles. The van der Waals surface area contributed by atoms with Gasteiger partial charge in [0, 0.05) is 37.6 Å². The lowest BCUT2D eigenvalue weighted by Gasteiger charge is -2.37. The molecule has 0 saturated heterocycles. The van der Waals surface area contributed by atoms with Crippen molar-refractivity contribution in [3.63, 3.8) is 0 Å². The lowest BCUT2D eigenvalue weighted by Crippen LogP contribution is -2.52. The molecule has 3 aliphatic rings. The van der Waals surface area contributed by atoms with Gasteiger partial charge in [-0.15, -0.1) is 0 Å². The zero-order valence-electron chi connectivity index (χ0n) is 20.7. The Morgan fingerprint density at radius 2 is 1.89 bits per heavy atom. The van der Waals surface area contributed by atoms with Crippen molar-refractivity contribution < 1.29 is 13.2 Å². The van der Waals surface area contributed by atoms with E-state index in [-0.39, 0.29) is 23.4 Å². The number of carbonyl (C=O) groups is 1. The Bertz CT molecular complexity index is 1620. The molecule has 0 spiro atoms. The van der Waals surface area contributed by atoms with E-state index >= 15 is 0 Å². The maximum Gasteiger partial charge on any atom is 0.263 e. The normalized spacial score (nSPS) is 19.7. The molecule has 1 saturated carbocycles. The van der Waals surface area contributed by atoms with Gasteiger partial charge in [-0.25, -0.2) is 18.1 Å². The molecule has 6 rings (SSSR count). The van der Waals surface area contributed by atoms with E-state index in [0.717, 1.165) is 24.0 Å². The van der Waals surface area contributed by atoms with E-state index in [1.54, 1.807) is 38.8 Å². The van der Waals surface area contributed by atoms with Crippen LogP contribution in [0.3, 0.4) is 0 Å². The minimum atomic E-state index is -3.79. The molecule has 0 unspecified atom stereocenters. The fourth-order valence-corrected chi connectivity index (χ4v) is 6.06. The van der Waals surface area contributed by atoms with Crippen molar-refractivity contribution in [3.8, 4) is 11.8 Å². The number of guanidine groups is 1. The molecule has 190 valence electrons. The predicted molar refractivity (Wildman–Crippen MR) is 136 cm³/mol. The first-order valence-electron chi connectivity index (χ1n) is 11.9. The number of rotatable bonds is 5. The Hall–Kier alpha value is -3.95. The molecule has 1 N–H and O–H groups in total. The van der Waals surface area contributed by atoms with Crippen LogP contribution in [0.4, 0.5) is 5.69 Å². The van der Waals surface area contributed by atoms with Crippen molar-refractivity contribution in [2.24, 2.45) is 19.1 Å². The summed E-state index contributed by atoms with van der Waals surface area (Å²) in [4.78, 5) is 22.0. The van der Waals surface area contributed by atoms with Crippen molar-refractivity contribution in [2.75, 3.05) is 11.4 Å². The quantitative estimate of drug-likeness (QED) is 0.508. The minimum Gasteiger partial charge on any atom is -0.295 e. The van der Waals surface area contributed by atoms with Crippen LogP contribution >= 0.6 is 0 Å². The van der Waals surface area contributed by atoms with Gasteiger partial charge in [-0.3, -0.25) is 24.0 Å². The zero-order chi connectivity index (χ0) is 25.9. The van der Waals surface area contributed by atoms with Crippen molar-refractivity contribution in [1.82, 2.24) is 29.2 Å². The molecule has 12 heteroatoms. The SMILES string of the molecule is Cn1cc(C#C[C@@H]2CN=C3N(Cc4cnn(C)c4)C(=O)c4cc(S(=O)(=O)NC5(C)CC5)ccc4N32)cn1. The summed E-state index contributed by atoms with van der Waals surface area (Å²) in [5.74, 6) is 6.59. The zero-order valence-corrected chi connectivity index (χ0v) is 21.5. The highest BCUT2D eigenvalue weighted by atomic mass is 32.2. The van der Waals surface area contributed by atoms with Crippen LogP contribution in [0, 0.1) is 11.8 Å². The Labute approximate surface area is 214 Å². The van der Waals surface area contributed by atoms with Gasteiger partial charge in [0.1, 0.15) is 6.04 Å². The maximum absolute atomic E-state index is 13.8. The summed E-state index contributed by atoms with van der Waals surface area (Å²) in [7, 11) is -0.147. The monoisotopic (exact) mass is 518 g/mol. The van der Waals surface area contributed by atoms with Crippen LogP contribution in [0.25, 0.3) is 0 Å². The number of aromatic nitrogens is 4. The number of carbonyl (C=O) groups excluding carboxylic acids is 1. The molecule has 0 radical (unpaired) electrons. The third kappa shape index (κ3) is 4.30. The molecule has 1 fully saturated rings. The second-order valence-corrected chi connectivity index (χ2v) is 11.6. The summed E-state index contributed by atoms with van der Waals surface area (Å²) in [5.41, 5.74) is 2.07. The van der Waals surface area contributed by atoms with E-state index in [1.165, 1.54) is 6.07 Å². The molecular weight excluding hydrogens is 492 g/mol. The number of hydrogen-bond acceptors (Lipinski definition) is 7. The molecule has 1 amide bonds. The first-order chi connectivity index (χ1) is 17.6. The molecule has 2 aromatic heterocycles. The third-order valence-corrected chi connectivity index (χ3v) is 8.39. The Balaban J connectivity index is 1.41. The fourth-order valence-electron chi connectivity index (χ4n) is 4.57. The number of anilines is 1. The molecule has 4 heterocycles. The number of aliphatic imine (C=N–C) groups is 1. The van der Waals surface area contributed by atoms with Gasteiger partial charge in [0.25, 0.3) is 5.91 Å². The number of amides is 1. The number of hydrogen-bond donors (Lipinski definition) is 1. The van der Waals surface area contributed by atoms with Gasteiger partial charge in [-0.1, -0.05) is 11.8 Å². The number of sulfonamides is 1. The molecule has 37 heavy (non-hydrogen) atoms. The van der Waals surface area contributed by atoms with Gasteiger partial charge < -0.3 is 0 Å². The number of aryl methyl sites for hydroxylation is 2. The average Bonchev–Trinajstić information content (AvgIpc) is 3.21. The highest BCUT2D eigenvalue weighted by Crippen LogP contribution is 2.38. The van der Waals surface area contributed by atoms with E-state index < -0.39 is 15.6 Å². The summed E-state index contributed by atoms with van der Waals surface area (Å²) < 4.78 is 32.3. The molecule has 1 aromatic carbocycles. The Morgan fingerprint density at radius 1 is 1.14 bits per heavy atom. The maximum atomic E-state index is 13.8. The highest BCUT2D eigenvalue weighted by molar-refractivity contribution is 7.89. The van der Waals surface area contributed by atoms with Crippen molar-refractivity contribution in [1.29, 1.82) is 0 Å². The van der Waals surface area contributed by atoms with Crippen LogP contribution < -0.4 is 9.62 Å². The second kappa shape index (κ2) is 8.29. The molecule has 3 aromatic rings. The fraction of sp³-hybridized carbons (Fsp3) is 0.360. The molecule has 11 nitrogen and oxygen atoms in total. The average molecular weight is 519 g/mol.